The summed E-state index contributed by atoms with van der Waals surface area (Å²) < 4.78 is 41.4. The molecule has 0 unspecified atom stereocenters. The minimum absolute atomic E-state index is 0.0587. The van der Waals surface area contributed by atoms with E-state index >= 15 is 0 Å². The van der Waals surface area contributed by atoms with Crippen LogP contribution in [-0.2, 0) is 28.8 Å². The maximum absolute atomic E-state index is 12.3. The predicted octanol–water partition coefficient (Wildman–Crippen LogP) is 1.34. The molecule has 0 aromatic heterocycles. The minimum atomic E-state index is -5.00. The van der Waals surface area contributed by atoms with Crippen molar-refractivity contribution in [3.63, 3.8) is 0 Å². The highest BCUT2D eigenvalue weighted by molar-refractivity contribution is 6.01. The smallest absolute Gasteiger partial charge is 0.444 e. The van der Waals surface area contributed by atoms with Gasteiger partial charge in [-0.3, -0.25) is 14.4 Å². The van der Waals surface area contributed by atoms with Crippen molar-refractivity contribution in [2.75, 3.05) is 6.54 Å². The maximum atomic E-state index is 12.3. The van der Waals surface area contributed by atoms with Gasteiger partial charge in [-0.25, -0.2) is 9.59 Å². The van der Waals surface area contributed by atoms with Gasteiger partial charge in [0, 0.05) is 19.4 Å². The molecule has 0 aliphatic carbocycles. The number of alkyl carbamates (subject to hydrolysis) is 1. The Morgan fingerprint density at radius 2 is 1.63 bits per heavy atom. The Balaban J connectivity index is 2.64. The van der Waals surface area contributed by atoms with Gasteiger partial charge in [-0.1, -0.05) is 0 Å². The van der Waals surface area contributed by atoms with E-state index in [4.69, 9.17) is 9.57 Å². The monoisotopic (exact) mass is 439 g/mol. The van der Waals surface area contributed by atoms with E-state index in [0.717, 1.165) is 0 Å². The molecule has 1 fully saturated rings. The first-order valence-electron chi connectivity index (χ1n) is 9.13. The van der Waals surface area contributed by atoms with Gasteiger partial charge in [0.15, 0.2) is 0 Å². The Morgan fingerprint density at radius 3 is 2.13 bits per heavy atom. The molecule has 1 rings (SSSR count). The molecule has 30 heavy (non-hydrogen) atoms. The van der Waals surface area contributed by atoms with E-state index in [1.54, 1.807) is 26.1 Å². The van der Waals surface area contributed by atoms with E-state index in [9.17, 15) is 37.1 Å². The van der Waals surface area contributed by atoms with Crippen LogP contribution in [0, 0.1) is 0 Å². The van der Waals surface area contributed by atoms with Crippen molar-refractivity contribution in [2.45, 2.75) is 70.7 Å². The molecule has 1 heterocycles. The second kappa shape index (κ2) is 10.3. The number of ether oxygens (including phenoxy) is 1. The first kappa shape index (κ1) is 25.2. The number of nitrogens with zero attached hydrogens (tertiary/aromatic N) is 1. The number of amides is 4. The fourth-order valence-electron chi connectivity index (χ4n) is 2.29. The molecule has 0 bridgehead atoms. The molecule has 170 valence electrons. The van der Waals surface area contributed by atoms with Gasteiger partial charge in [-0.05, 0) is 40.0 Å². The molecule has 0 saturated carbocycles. The van der Waals surface area contributed by atoms with Crippen molar-refractivity contribution in [2.24, 2.45) is 0 Å². The van der Waals surface area contributed by atoms with Crippen molar-refractivity contribution in [1.82, 2.24) is 15.7 Å². The van der Waals surface area contributed by atoms with E-state index in [1.165, 1.54) is 0 Å². The number of imide groups is 1. The van der Waals surface area contributed by atoms with Crippen LogP contribution < -0.4 is 10.6 Å². The van der Waals surface area contributed by atoms with Crippen LogP contribution in [0.1, 0.15) is 52.9 Å². The second-order valence-corrected chi connectivity index (χ2v) is 7.44. The van der Waals surface area contributed by atoms with Crippen molar-refractivity contribution in [3.8, 4) is 0 Å². The van der Waals surface area contributed by atoms with Crippen molar-refractivity contribution >= 4 is 29.8 Å². The highest BCUT2D eigenvalue weighted by Gasteiger charge is 2.38. The number of nitrogens with one attached hydrogen (secondary N) is 2. The first-order chi connectivity index (χ1) is 13.7. The maximum Gasteiger partial charge on any atom is 0.471 e. The molecule has 0 spiro atoms. The number of halogens is 3. The number of hydrogen-bond acceptors (Lipinski definition) is 7. The first-order valence-corrected chi connectivity index (χ1v) is 9.13. The predicted molar refractivity (Wildman–Crippen MR) is 93.3 cm³/mol. The quantitative estimate of drug-likeness (QED) is 0.431. The zero-order valence-corrected chi connectivity index (χ0v) is 16.8. The summed E-state index contributed by atoms with van der Waals surface area (Å²) in [5.74, 6) is -4.61. The number of hydrogen-bond donors (Lipinski definition) is 2. The fraction of sp³-hybridized carbons (Fsp3) is 0.706. The van der Waals surface area contributed by atoms with E-state index in [2.05, 4.69) is 5.32 Å². The van der Waals surface area contributed by atoms with Crippen molar-refractivity contribution < 1.29 is 46.7 Å². The van der Waals surface area contributed by atoms with Gasteiger partial charge in [0.2, 0.25) is 0 Å². The van der Waals surface area contributed by atoms with Crippen molar-refractivity contribution in [1.29, 1.82) is 0 Å². The molecule has 1 atom stereocenters. The van der Waals surface area contributed by atoms with Gasteiger partial charge in [-0.15, -0.1) is 5.06 Å². The van der Waals surface area contributed by atoms with E-state index in [1.807, 2.05) is 0 Å². The van der Waals surface area contributed by atoms with Crippen LogP contribution in [0.2, 0.25) is 0 Å². The van der Waals surface area contributed by atoms with E-state index < -0.39 is 47.6 Å². The summed E-state index contributed by atoms with van der Waals surface area (Å²) in [6, 6.07) is -1.33. The van der Waals surface area contributed by atoms with Crippen LogP contribution in [0.25, 0.3) is 0 Å². The summed E-state index contributed by atoms with van der Waals surface area (Å²) in [6.45, 7) is 4.45. The molecule has 4 amide bonds. The van der Waals surface area contributed by atoms with Crippen LogP contribution in [-0.4, -0.2) is 59.2 Å². The molecule has 13 heteroatoms. The minimum Gasteiger partial charge on any atom is -0.444 e. The molecular weight excluding hydrogens is 415 g/mol. The average molecular weight is 439 g/mol. The summed E-state index contributed by atoms with van der Waals surface area (Å²) in [7, 11) is 0. The van der Waals surface area contributed by atoms with Crippen LogP contribution >= 0.6 is 0 Å². The van der Waals surface area contributed by atoms with Crippen LogP contribution in [0.4, 0.5) is 18.0 Å². The number of unbranched alkanes of at least 4 members (excludes halogenated alkanes) is 1. The summed E-state index contributed by atoms with van der Waals surface area (Å²) in [5, 5.41) is 4.24. The molecule has 10 nitrogen and oxygen atoms in total. The summed E-state index contributed by atoms with van der Waals surface area (Å²) in [6.07, 6.45) is -6.13. The van der Waals surface area contributed by atoms with Crippen LogP contribution in [0.15, 0.2) is 0 Å². The Kier molecular flexibility index (Phi) is 8.61. The third kappa shape index (κ3) is 8.66. The zero-order chi connectivity index (χ0) is 23.1. The standard InChI is InChI=1S/C17H24F3N3O7/c1-16(2,3)29-15(28)22-10(6-4-5-9-21-14(27)17(18,19)20)13(26)30-23-11(24)7-8-12(23)25/h10H,4-9H2,1-3H3,(H,21,27)(H,22,28)/t10-/m0/s1. The number of carbonyl (C=O) groups excluding carboxylic acids is 5. The Bertz CT molecular complexity index is 673. The summed E-state index contributed by atoms with van der Waals surface area (Å²) in [4.78, 5) is 63.0. The van der Waals surface area contributed by atoms with E-state index in [-0.39, 0.29) is 38.6 Å². The van der Waals surface area contributed by atoms with Gasteiger partial charge < -0.3 is 20.2 Å². The molecule has 0 aromatic rings. The van der Waals surface area contributed by atoms with Gasteiger partial charge >= 0.3 is 24.1 Å². The third-order valence-corrected chi connectivity index (χ3v) is 3.63. The summed E-state index contributed by atoms with van der Waals surface area (Å²) >= 11 is 0. The van der Waals surface area contributed by atoms with Crippen LogP contribution in [0.5, 0.6) is 0 Å². The van der Waals surface area contributed by atoms with Gasteiger partial charge in [0.05, 0.1) is 0 Å². The molecule has 1 saturated heterocycles. The normalized spacial score (nSPS) is 15.6. The average Bonchev–Trinajstić information content (AvgIpc) is 2.89. The highest BCUT2D eigenvalue weighted by atomic mass is 19.4. The molecule has 1 aliphatic heterocycles. The van der Waals surface area contributed by atoms with Crippen molar-refractivity contribution in [3.05, 3.63) is 0 Å². The fourth-order valence-corrected chi connectivity index (χ4v) is 2.29. The lowest BCUT2D eigenvalue weighted by Crippen LogP contribution is -2.47. The Hall–Kier alpha value is -2.86. The van der Waals surface area contributed by atoms with Crippen LogP contribution in [0.3, 0.4) is 0 Å². The Morgan fingerprint density at radius 1 is 1.07 bits per heavy atom. The van der Waals surface area contributed by atoms with Gasteiger partial charge in [-0.2, -0.15) is 13.2 Å². The molecule has 0 aromatic carbocycles. The lowest BCUT2D eigenvalue weighted by atomic mass is 10.1. The van der Waals surface area contributed by atoms with E-state index in [0.29, 0.717) is 5.06 Å². The molecule has 2 N–H and O–H groups in total. The Labute approximate surface area is 170 Å². The summed E-state index contributed by atoms with van der Waals surface area (Å²) in [5.41, 5.74) is -0.874. The third-order valence-electron chi connectivity index (χ3n) is 3.63. The highest BCUT2D eigenvalue weighted by Crippen LogP contribution is 2.16. The number of rotatable bonds is 8. The molecule has 1 aliphatic rings. The molecular formula is C17H24F3N3O7. The molecule has 0 radical (unpaired) electrons. The van der Waals surface area contributed by atoms with Gasteiger partial charge in [0.25, 0.3) is 11.8 Å². The lowest BCUT2D eigenvalue weighted by molar-refractivity contribution is -0.199. The topological polar surface area (TPSA) is 131 Å². The lowest BCUT2D eigenvalue weighted by Gasteiger charge is -2.23. The SMILES string of the molecule is CC(C)(C)OC(=O)N[C@@H](CCCCNC(=O)C(F)(F)F)C(=O)ON1C(=O)CCC1=O. The second-order valence-electron chi connectivity index (χ2n) is 7.44. The zero-order valence-electron chi connectivity index (χ0n) is 16.8. The number of carbonyl (C=O) groups is 5. The van der Waals surface area contributed by atoms with Gasteiger partial charge in [0.1, 0.15) is 11.6 Å². The number of hydroxylamine groups is 2. The number of alkyl halides is 3. The largest absolute Gasteiger partial charge is 0.471 e.